The lowest BCUT2D eigenvalue weighted by Crippen LogP contribution is -2.29. The Labute approximate surface area is 143 Å². The number of carbonyl (C=O) groups is 1. The molecule has 25 heavy (non-hydrogen) atoms. The number of carbonyl (C=O) groups excluding carboxylic acids is 1. The van der Waals surface area contributed by atoms with E-state index in [1.54, 1.807) is 0 Å². The summed E-state index contributed by atoms with van der Waals surface area (Å²) < 4.78 is 26.4. The van der Waals surface area contributed by atoms with Crippen LogP contribution in [-0.2, 0) is 17.3 Å². The van der Waals surface area contributed by atoms with Crippen LogP contribution < -0.4 is 5.73 Å². The molecule has 0 bridgehead atoms. The van der Waals surface area contributed by atoms with Gasteiger partial charge in [0, 0.05) is 13.1 Å². The quantitative estimate of drug-likeness (QED) is 0.390. The van der Waals surface area contributed by atoms with Crippen molar-refractivity contribution in [2.45, 2.75) is 31.6 Å². The second-order valence-corrected chi connectivity index (χ2v) is 6.19. The van der Waals surface area contributed by atoms with Crippen LogP contribution in [0.3, 0.4) is 0 Å². The van der Waals surface area contributed by atoms with E-state index in [2.05, 4.69) is 10.3 Å². The summed E-state index contributed by atoms with van der Waals surface area (Å²) in [6.07, 6.45) is -1.12. The molecule has 6 nitrogen and oxygen atoms in total. The van der Waals surface area contributed by atoms with Gasteiger partial charge in [-0.05, 0) is 25.3 Å². The molecule has 0 amide bonds. The fourth-order valence-corrected chi connectivity index (χ4v) is 2.77. The van der Waals surface area contributed by atoms with Gasteiger partial charge >= 0.3 is 5.97 Å². The summed E-state index contributed by atoms with van der Waals surface area (Å²) in [5, 5.41) is 7.44. The summed E-state index contributed by atoms with van der Waals surface area (Å²) in [4.78, 5) is 16.8. The highest BCUT2D eigenvalue weighted by Gasteiger charge is 2.49. The van der Waals surface area contributed by atoms with E-state index in [1.165, 1.54) is 7.05 Å². The van der Waals surface area contributed by atoms with Gasteiger partial charge in [-0.1, -0.05) is 35.0 Å². The van der Waals surface area contributed by atoms with Crippen molar-refractivity contribution in [3.8, 4) is 0 Å². The monoisotopic (exact) mass is 348 g/mol. The molecule has 1 saturated carbocycles. The smallest absolute Gasteiger partial charge is 0.384 e. The van der Waals surface area contributed by atoms with Gasteiger partial charge in [-0.2, -0.15) is 5.10 Å². The first kappa shape index (κ1) is 17.1. The lowest BCUT2D eigenvalue weighted by molar-refractivity contribution is 0.0506. The SMILES string of the molecule is Cc1cccc(C2(/C(N)=N/OC(=O)c3cc(C(F)F)n(C)n3)CC2)c1. The molecule has 8 heteroatoms. The molecule has 1 aromatic carbocycles. The maximum absolute atomic E-state index is 12.7. The van der Waals surface area contributed by atoms with Crippen molar-refractivity contribution < 1.29 is 18.4 Å². The Balaban J connectivity index is 1.75. The third-order valence-corrected chi connectivity index (χ3v) is 4.39. The standard InChI is InChI=1S/C17H18F2N4O2/c1-10-4-3-5-11(8-10)17(6-7-17)16(20)22-25-15(24)12-9-13(14(18)19)23(2)21-12/h3-5,8-9,14H,6-7H2,1-2H3,(H2,20,22). The van der Waals surface area contributed by atoms with Crippen LogP contribution in [0, 0.1) is 6.92 Å². The van der Waals surface area contributed by atoms with Crippen molar-refractivity contribution >= 4 is 11.8 Å². The van der Waals surface area contributed by atoms with Gasteiger partial charge in [0.2, 0.25) is 0 Å². The van der Waals surface area contributed by atoms with Gasteiger partial charge in [-0.15, -0.1) is 0 Å². The van der Waals surface area contributed by atoms with Crippen LogP contribution in [0.1, 0.15) is 46.6 Å². The molecule has 1 heterocycles. The van der Waals surface area contributed by atoms with Gasteiger partial charge in [0.05, 0.1) is 5.41 Å². The van der Waals surface area contributed by atoms with E-state index in [0.29, 0.717) is 0 Å². The van der Waals surface area contributed by atoms with Crippen LogP contribution in [0.15, 0.2) is 35.5 Å². The molecular formula is C17H18F2N4O2. The summed E-state index contributed by atoms with van der Waals surface area (Å²) in [5.74, 6) is -0.734. The Morgan fingerprint density at radius 3 is 2.68 bits per heavy atom. The van der Waals surface area contributed by atoms with Crippen molar-refractivity contribution in [1.29, 1.82) is 0 Å². The van der Waals surface area contributed by atoms with Gasteiger partial charge < -0.3 is 10.6 Å². The molecule has 0 unspecified atom stereocenters. The summed E-state index contributed by atoms with van der Waals surface area (Å²) in [7, 11) is 1.33. The van der Waals surface area contributed by atoms with E-state index >= 15 is 0 Å². The lowest BCUT2D eigenvalue weighted by atomic mass is 9.93. The maximum atomic E-state index is 12.7. The van der Waals surface area contributed by atoms with Crippen molar-refractivity contribution in [2.24, 2.45) is 17.9 Å². The first-order valence-electron chi connectivity index (χ1n) is 7.78. The van der Waals surface area contributed by atoms with Crippen LogP contribution in [0.25, 0.3) is 0 Å². The minimum Gasteiger partial charge on any atom is -0.384 e. The Hall–Kier alpha value is -2.77. The normalized spacial score (nSPS) is 16.1. The second kappa shape index (κ2) is 6.27. The van der Waals surface area contributed by atoms with Crippen LogP contribution in [0.2, 0.25) is 0 Å². The number of aromatic nitrogens is 2. The van der Waals surface area contributed by atoms with Crippen LogP contribution in [0.4, 0.5) is 8.78 Å². The Kier molecular flexibility index (Phi) is 4.28. The molecule has 0 atom stereocenters. The molecule has 1 fully saturated rings. The molecule has 132 valence electrons. The molecular weight excluding hydrogens is 330 g/mol. The summed E-state index contributed by atoms with van der Waals surface area (Å²) in [6, 6.07) is 8.87. The zero-order valence-corrected chi connectivity index (χ0v) is 13.9. The number of oxime groups is 1. The molecule has 0 radical (unpaired) electrons. The van der Waals surface area contributed by atoms with Gasteiger partial charge in [0.25, 0.3) is 6.43 Å². The highest BCUT2D eigenvalue weighted by molar-refractivity contribution is 5.95. The van der Waals surface area contributed by atoms with E-state index in [1.807, 2.05) is 31.2 Å². The van der Waals surface area contributed by atoms with Gasteiger partial charge in [0.1, 0.15) is 5.69 Å². The number of aryl methyl sites for hydroxylation is 2. The predicted molar refractivity (Wildman–Crippen MR) is 87.3 cm³/mol. The zero-order chi connectivity index (χ0) is 18.2. The largest absolute Gasteiger partial charge is 0.385 e. The summed E-state index contributed by atoms with van der Waals surface area (Å²) >= 11 is 0. The fourth-order valence-electron chi connectivity index (χ4n) is 2.77. The number of nitrogens with two attached hydrogens (primary N) is 1. The number of nitrogens with zero attached hydrogens (tertiary/aromatic N) is 3. The van der Waals surface area contributed by atoms with Crippen molar-refractivity contribution in [1.82, 2.24) is 9.78 Å². The van der Waals surface area contributed by atoms with Crippen molar-refractivity contribution in [3.05, 3.63) is 52.8 Å². The Morgan fingerprint density at radius 1 is 1.40 bits per heavy atom. The second-order valence-electron chi connectivity index (χ2n) is 6.19. The van der Waals surface area contributed by atoms with E-state index < -0.39 is 17.8 Å². The summed E-state index contributed by atoms with van der Waals surface area (Å²) in [6.45, 7) is 1.98. The van der Waals surface area contributed by atoms with Crippen LogP contribution in [0.5, 0.6) is 0 Å². The molecule has 2 N–H and O–H groups in total. The summed E-state index contributed by atoms with van der Waals surface area (Å²) in [5.41, 5.74) is 7.11. The minimum absolute atomic E-state index is 0.191. The highest BCUT2D eigenvalue weighted by Crippen LogP contribution is 2.48. The Bertz CT molecular complexity index is 841. The molecule has 0 saturated heterocycles. The molecule has 1 aromatic heterocycles. The third-order valence-electron chi connectivity index (χ3n) is 4.39. The van der Waals surface area contributed by atoms with E-state index in [-0.39, 0.29) is 17.2 Å². The first-order chi connectivity index (χ1) is 11.8. The zero-order valence-electron chi connectivity index (χ0n) is 13.9. The predicted octanol–water partition coefficient (Wildman–Crippen LogP) is 2.83. The number of benzene rings is 1. The molecule has 0 aliphatic heterocycles. The first-order valence-corrected chi connectivity index (χ1v) is 7.78. The maximum Gasteiger partial charge on any atom is 0.385 e. The number of hydrogen-bond acceptors (Lipinski definition) is 4. The molecule has 2 aromatic rings. The molecule has 1 aliphatic carbocycles. The fraction of sp³-hybridized carbons (Fsp3) is 0.353. The van der Waals surface area contributed by atoms with Gasteiger partial charge in [-0.25, -0.2) is 13.6 Å². The molecule has 0 spiro atoms. The average Bonchev–Trinajstić information content (AvgIpc) is 3.29. The number of hydrogen-bond donors (Lipinski definition) is 1. The minimum atomic E-state index is -2.73. The van der Waals surface area contributed by atoms with E-state index in [4.69, 9.17) is 10.6 Å². The van der Waals surface area contributed by atoms with Gasteiger partial charge in [0.15, 0.2) is 11.5 Å². The number of halogens is 2. The number of alkyl halides is 2. The highest BCUT2D eigenvalue weighted by atomic mass is 19.3. The van der Waals surface area contributed by atoms with Crippen molar-refractivity contribution in [2.75, 3.05) is 0 Å². The van der Waals surface area contributed by atoms with Crippen LogP contribution in [-0.4, -0.2) is 21.6 Å². The van der Waals surface area contributed by atoms with Crippen LogP contribution >= 0.6 is 0 Å². The Morgan fingerprint density at radius 2 is 2.12 bits per heavy atom. The molecule has 1 aliphatic rings. The average molecular weight is 348 g/mol. The number of amidine groups is 1. The van der Waals surface area contributed by atoms with Crippen molar-refractivity contribution in [3.63, 3.8) is 0 Å². The molecule has 3 rings (SSSR count). The van der Waals surface area contributed by atoms with Gasteiger partial charge in [-0.3, -0.25) is 4.68 Å². The third kappa shape index (κ3) is 3.24. The van der Waals surface area contributed by atoms with E-state index in [0.717, 1.165) is 34.7 Å². The van der Waals surface area contributed by atoms with E-state index in [9.17, 15) is 13.6 Å². The lowest BCUT2D eigenvalue weighted by Gasteiger charge is -2.14. The number of rotatable bonds is 5. The topological polar surface area (TPSA) is 82.5 Å².